The third-order valence-corrected chi connectivity index (χ3v) is 3.83. The van der Waals surface area contributed by atoms with Gasteiger partial charge in [0, 0.05) is 6.42 Å². The Morgan fingerprint density at radius 1 is 1.28 bits per heavy atom. The quantitative estimate of drug-likeness (QED) is 0.725. The highest BCUT2D eigenvalue weighted by molar-refractivity contribution is 5.77. The number of hydrogen-bond donors (Lipinski definition) is 0. The Balaban J connectivity index is 1.61. The molecule has 0 bridgehead atoms. The van der Waals surface area contributed by atoms with Crippen LogP contribution in [-0.4, -0.2) is 43.1 Å². The first-order valence-electron chi connectivity index (χ1n) is 7.66. The van der Waals surface area contributed by atoms with Crippen LogP contribution in [0.2, 0.25) is 0 Å². The molecular weight excluding hydrogens is 224 g/mol. The van der Waals surface area contributed by atoms with Crippen LogP contribution in [-0.2, 0) is 4.74 Å². The van der Waals surface area contributed by atoms with Crippen molar-refractivity contribution < 1.29 is 4.74 Å². The second-order valence-corrected chi connectivity index (χ2v) is 6.12. The molecule has 2 rings (SSSR count). The molecule has 0 spiro atoms. The molecule has 0 aliphatic carbocycles. The molecule has 2 aliphatic heterocycles. The number of likely N-dealkylation sites (tertiary alicyclic amines) is 1. The lowest BCUT2D eigenvalue weighted by Gasteiger charge is -2.26. The van der Waals surface area contributed by atoms with Gasteiger partial charge in [-0.2, -0.15) is 0 Å². The predicted octanol–water partition coefficient (Wildman–Crippen LogP) is 3.10. The van der Waals surface area contributed by atoms with Crippen molar-refractivity contribution in [2.75, 3.05) is 26.2 Å². The minimum Gasteiger partial charge on any atom is -0.479 e. The third-order valence-electron chi connectivity index (χ3n) is 3.83. The molecule has 0 saturated carbocycles. The van der Waals surface area contributed by atoms with E-state index in [1.165, 1.54) is 45.3 Å². The van der Waals surface area contributed by atoms with E-state index >= 15 is 0 Å². The second-order valence-electron chi connectivity index (χ2n) is 6.12. The van der Waals surface area contributed by atoms with Crippen molar-refractivity contribution in [2.45, 2.75) is 58.4 Å². The van der Waals surface area contributed by atoms with E-state index in [0.717, 1.165) is 31.3 Å². The number of nitrogens with zero attached hydrogens (tertiary/aromatic N) is 2. The summed E-state index contributed by atoms with van der Waals surface area (Å²) in [5.41, 5.74) is 0. The van der Waals surface area contributed by atoms with Crippen LogP contribution in [0.15, 0.2) is 4.99 Å². The van der Waals surface area contributed by atoms with Crippen LogP contribution < -0.4 is 0 Å². The Kier molecular flexibility index (Phi) is 5.48. The third kappa shape index (κ3) is 4.60. The van der Waals surface area contributed by atoms with Gasteiger partial charge in [0.25, 0.3) is 0 Å². The average molecular weight is 252 g/mol. The summed E-state index contributed by atoms with van der Waals surface area (Å²) < 4.78 is 5.69. The molecule has 0 amide bonds. The van der Waals surface area contributed by atoms with Gasteiger partial charge in [0.2, 0.25) is 0 Å². The highest BCUT2D eigenvalue weighted by Crippen LogP contribution is 2.16. The smallest absolute Gasteiger partial charge is 0.183 e. The molecule has 2 aliphatic rings. The number of piperidine rings is 1. The zero-order chi connectivity index (χ0) is 12.8. The largest absolute Gasteiger partial charge is 0.479 e. The van der Waals surface area contributed by atoms with E-state index in [0.29, 0.717) is 6.04 Å². The summed E-state index contributed by atoms with van der Waals surface area (Å²) in [5, 5.41) is 0. The molecule has 2 heterocycles. The molecule has 0 aromatic rings. The lowest BCUT2D eigenvalue weighted by Crippen LogP contribution is -2.30. The first-order chi connectivity index (χ1) is 8.74. The summed E-state index contributed by atoms with van der Waals surface area (Å²) >= 11 is 0. The van der Waals surface area contributed by atoms with Crippen molar-refractivity contribution in [3.05, 3.63) is 0 Å². The van der Waals surface area contributed by atoms with Crippen LogP contribution in [0.25, 0.3) is 0 Å². The van der Waals surface area contributed by atoms with E-state index in [1.54, 1.807) is 0 Å². The zero-order valence-electron chi connectivity index (χ0n) is 12.0. The van der Waals surface area contributed by atoms with Crippen LogP contribution in [0, 0.1) is 5.92 Å². The maximum absolute atomic E-state index is 5.69. The van der Waals surface area contributed by atoms with Gasteiger partial charge >= 0.3 is 0 Å². The molecule has 0 N–H and O–H groups in total. The molecular formula is C15H28N2O. The molecule has 3 heteroatoms. The molecule has 1 fully saturated rings. The molecule has 0 aromatic heterocycles. The Labute approximate surface area is 112 Å². The van der Waals surface area contributed by atoms with Gasteiger partial charge < -0.3 is 9.64 Å². The average Bonchev–Trinajstić information content (AvgIpc) is 2.77. The van der Waals surface area contributed by atoms with Crippen LogP contribution in [0.1, 0.15) is 52.4 Å². The number of aliphatic imine (C=N–C) groups is 1. The van der Waals surface area contributed by atoms with E-state index in [4.69, 9.17) is 4.74 Å². The first-order valence-corrected chi connectivity index (χ1v) is 7.66. The SMILES string of the molecule is CC(C)C[C@H]1COC(CCCN2CCCCC2)=N1. The van der Waals surface area contributed by atoms with E-state index in [1.807, 2.05) is 0 Å². The highest BCUT2D eigenvalue weighted by Gasteiger charge is 2.19. The number of hydrogen-bond acceptors (Lipinski definition) is 3. The van der Waals surface area contributed by atoms with E-state index in [-0.39, 0.29) is 0 Å². The first kappa shape index (κ1) is 13.9. The maximum atomic E-state index is 5.69. The monoisotopic (exact) mass is 252 g/mol. The molecule has 0 unspecified atom stereocenters. The van der Waals surface area contributed by atoms with Crippen molar-refractivity contribution in [1.82, 2.24) is 4.90 Å². The van der Waals surface area contributed by atoms with Crippen LogP contribution in [0.5, 0.6) is 0 Å². The van der Waals surface area contributed by atoms with Crippen molar-refractivity contribution >= 4 is 5.90 Å². The van der Waals surface area contributed by atoms with Crippen molar-refractivity contribution in [2.24, 2.45) is 10.9 Å². The Morgan fingerprint density at radius 2 is 2.06 bits per heavy atom. The van der Waals surface area contributed by atoms with Gasteiger partial charge in [0.05, 0.1) is 6.04 Å². The molecule has 0 radical (unpaired) electrons. The summed E-state index contributed by atoms with van der Waals surface area (Å²) in [6.45, 7) is 9.13. The van der Waals surface area contributed by atoms with Crippen LogP contribution in [0.3, 0.4) is 0 Å². The topological polar surface area (TPSA) is 24.8 Å². The molecule has 104 valence electrons. The summed E-state index contributed by atoms with van der Waals surface area (Å²) in [5.74, 6) is 1.73. The van der Waals surface area contributed by atoms with Crippen molar-refractivity contribution in [1.29, 1.82) is 0 Å². The second kappa shape index (κ2) is 7.13. The molecule has 18 heavy (non-hydrogen) atoms. The summed E-state index contributed by atoms with van der Waals surface area (Å²) in [6, 6.07) is 0.426. The molecule has 1 atom stereocenters. The summed E-state index contributed by atoms with van der Waals surface area (Å²) in [7, 11) is 0. The fourth-order valence-corrected chi connectivity index (χ4v) is 2.91. The summed E-state index contributed by atoms with van der Waals surface area (Å²) in [6.07, 6.45) is 7.58. The van der Waals surface area contributed by atoms with Crippen LogP contribution in [0.4, 0.5) is 0 Å². The minimum absolute atomic E-state index is 0.426. The zero-order valence-corrected chi connectivity index (χ0v) is 12.0. The fourth-order valence-electron chi connectivity index (χ4n) is 2.91. The van der Waals surface area contributed by atoms with Gasteiger partial charge in [-0.1, -0.05) is 20.3 Å². The Hall–Kier alpha value is -0.570. The van der Waals surface area contributed by atoms with E-state index in [9.17, 15) is 0 Å². The predicted molar refractivity (Wildman–Crippen MR) is 76.2 cm³/mol. The van der Waals surface area contributed by atoms with Gasteiger partial charge in [0.1, 0.15) is 6.61 Å². The van der Waals surface area contributed by atoms with Gasteiger partial charge in [0.15, 0.2) is 5.90 Å². The summed E-state index contributed by atoms with van der Waals surface area (Å²) in [4.78, 5) is 7.27. The van der Waals surface area contributed by atoms with Crippen molar-refractivity contribution in [3.63, 3.8) is 0 Å². The molecule has 0 aromatic carbocycles. The van der Waals surface area contributed by atoms with E-state index < -0.39 is 0 Å². The van der Waals surface area contributed by atoms with Gasteiger partial charge in [-0.25, -0.2) is 4.99 Å². The molecule has 1 saturated heterocycles. The lowest BCUT2D eigenvalue weighted by atomic mass is 10.1. The number of ether oxygens (including phenoxy) is 1. The van der Waals surface area contributed by atoms with Crippen molar-refractivity contribution in [3.8, 4) is 0 Å². The standard InChI is InChI=1S/C15H28N2O/c1-13(2)11-14-12-18-15(16-14)7-6-10-17-8-4-3-5-9-17/h13-14H,3-12H2,1-2H3/t14-/m0/s1. The van der Waals surface area contributed by atoms with Gasteiger partial charge in [-0.15, -0.1) is 0 Å². The minimum atomic E-state index is 0.426. The van der Waals surface area contributed by atoms with E-state index in [2.05, 4.69) is 23.7 Å². The Morgan fingerprint density at radius 3 is 2.78 bits per heavy atom. The van der Waals surface area contributed by atoms with Gasteiger partial charge in [-0.3, -0.25) is 0 Å². The molecule has 3 nitrogen and oxygen atoms in total. The highest BCUT2D eigenvalue weighted by atomic mass is 16.5. The van der Waals surface area contributed by atoms with Gasteiger partial charge in [-0.05, 0) is 51.2 Å². The Bertz CT molecular complexity index is 270. The maximum Gasteiger partial charge on any atom is 0.183 e. The fraction of sp³-hybridized carbons (Fsp3) is 0.933. The lowest BCUT2D eigenvalue weighted by molar-refractivity contribution is 0.225. The normalized spacial score (nSPS) is 25.3. The number of rotatable bonds is 6. The van der Waals surface area contributed by atoms with Crippen LogP contribution >= 0.6 is 0 Å².